The van der Waals surface area contributed by atoms with Crippen LogP contribution in [0.5, 0.6) is 0 Å². The van der Waals surface area contributed by atoms with Crippen LogP contribution in [0.4, 0.5) is 8.78 Å². The first kappa shape index (κ1) is 11.5. The maximum Gasteiger partial charge on any atom is 0.281 e. The van der Waals surface area contributed by atoms with Gasteiger partial charge in [-0.25, -0.2) is 13.8 Å². The summed E-state index contributed by atoms with van der Waals surface area (Å²) in [5.41, 5.74) is -0.147. The van der Waals surface area contributed by atoms with Crippen LogP contribution in [-0.2, 0) is 0 Å². The van der Waals surface area contributed by atoms with E-state index in [0.717, 1.165) is 0 Å². The summed E-state index contributed by atoms with van der Waals surface area (Å²) in [5, 5.41) is -0.836. The van der Waals surface area contributed by atoms with E-state index in [0.29, 0.717) is 5.56 Å². The number of hydrogen-bond donors (Lipinski definition) is 0. The highest BCUT2D eigenvalue weighted by atomic mass is 79.9. The van der Waals surface area contributed by atoms with Gasteiger partial charge in [-0.1, -0.05) is 0 Å². The predicted octanol–water partition coefficient (Wildman–Crippen LogP) is 3.47. The lowest BCUT2D eigenvalue weighted by molar-refractivity contribution is 0.107. The molecule has 0 aliphatic heterocycles. The number of rotatable bonds is 2. The van der Waals surface area contributed by atoms with Crippen molar-refractivity contribution in [2.75, 3.05) is 0 Å². The Labute approximate surface area is 92.4 Å². The van der Waals surface area contributed by atoms with Gasteiger partial charge in [-0.3, -0.25) is 4.79 Å². The van der Waals surface area contributed by atoms with Crippen molar-refractivity contribution in [1.29, 1.82) is 0 Å². The monoisotopic (exact) mass is 283 g/mol. The van der Waals surface area contributed by atoms with Gasteiger partial charge in [-0.2, -0.15) is 0 Å². The van der Waals surface area contributed by atoms with Gasteiger partial charge in [-0.15, -0.1) is 0 Å². The Hall–Kier alpha value is -0.550. The summed E-state index contributed by atoms with van der Waals surface area (Å²) in [5.74, 6) is 0. The molecule has 76 valence electrons. The second kappa shape index (κ2) is 4.31. The Balaban J connectivity index is 3.34. The topological polar surface area (TPSA) is 30.0 Å². The summed E-state index contributed by atoms with van der Waals surface area (Å²) >= 11 is 8.11. The summed E-state index contributed by atoms with van der Waals surface area (Å²) in [6, 6.07) is 1.39. The number of aromatic nitrogens is 1. The third kappa shape index (κ3) is 2.27. The van der Waals surface area contributed by atoms with Crippen molar-refractivity contribution >= 4 is 32.8 Å². The molecule has 0 N–H and O–H groups in total. The lowest BCUT2D eigenvalue weighted by Crippen LogP contribution is -2.03. The molecule has 2 nitrogen and oxygen atoms in total. The van der Waals surface area contributed by atoms with Gasteiger partial charge < -0.3 is 0 Å². The molecule has 0 aliphatic carbocycles. The van der Waals surface area contributed by atoms with Crippen LogP contribution < -0.4 is 0 Å². The summed E-state index contributed by atoms with van der Waals surface area (Å²) in [7, 11) is 0. The first-order valence-corrected chi connectivity index (χ1v) is 4.75. The van der Waals surface area contributed by atoms with E-state index in [1.54, 1.807) is 6.92 Å². The SMILES string of the molecule is Cc1cc(Br)c(C(F)F)nc1C(=O)Cl. The van der Waals surface area contributed by atoms with Gasteiger partial charge in [0, 0.05) is 4.47 Å². The molecule has 0 unspecified atom stereocenters. The molecule has 1 rings (SSSR count). The first-order valence-electron chi connectivity index (χ1n) is 3.58. The van der Waals surface area contributed by atoms with Crippen molar-refractivity contribution in [1.82, 2.24) is 4.98 Å². The van der Waals surface area contributed by atoms with Crippen LogP contribution in [0.2, 0.25) is 0 Å². The normalized spacial score (nSPS) is 10.7. The first-order chi connectivity index (χ1) is 6.43. The Kier molecular flexibility index (Phi) is 3.55. The smallest absolute Gasteiger partial charge is 0.274 e. The fourth-order valence-corrected chi connectivity index (χ4v) is 1.74. The molecule has 0 atom stereocenters. The molecule has 1 heterocycles. The van der Waals surface area contributed by atoms with Gasteiger partial charge in [0.2, 0.25) is 0 Å². The molecule has 0 bridgehead atoms. The standard InChI is InChI=1S/C8H5BrClF2NO/c1-3-2-4(9)6(8(11)12)13-5(3)7(10)14/h2,8H,1H3. The van der Waals surface area contributed by atoms with Gasteiger partial charge in [0.25, 0.3) is 11.7 Å². The van der Waals surface area contributed by atoms with Crippen LogP contribution in [0.3, 0.4) is 0 Å². The van der Waals surface area contributed by atoms with E-state index in [-0.39, 0.29) is 10.2 Å². The average Bonchev–Trinajstić information content (AvgIpc) is 2.02. The van der Waals surface area contributed by atoms with Crippen molar-refractivity contribution in [3.63, 3.8) is 0 Å². The number of nitrogens with zero attached hydrogens (tertiary/aromatic N) is 1. The van der Waals surface area contributed by atoms with Crippen LogP contribution >= 0.6 is 27.5 Å². The van der Waals surface area contributed by atoms with Crippen LogP contribution in [0.1, 0.15) is 28.2 Å². The largest absolute Gasteiger partial charge is 0.281 e. The maximum absolute atomic E-state index is 12.4. The van der Waals surface area contributed by atoms with Crippen LogP contribution in [-0.4, -0.2) is 10.2 Å². The molecular formula is C8H5BrClF2NO. The Morgan fingerprint density at radius 2 is 2.21 bits per heavy atom. The van der Waals surface area contributed by atoms with Crippen molar-refractivity contribution in [3.05, 3.63) is 27.5 Å². The highest BCUT2D eigenvalue weighted by Crippen LogP contribution is 2.27. The third-order valence-electron chi connectivity index (χ3n) is 1.59. The molecule has 0 aliphatic rings. The zero-order valence-corrected chi connectivity index (χ0v) is 9.36. The second-order valence-corrected chi connectivity index (χ2v) is 3.79. The number of carbonyl (C=O) groups excluding carboxylic acids is 1. The molecule has 0 saturated carbocycles. The number of aryl methyl sites for hydroxylation is 1. The van der Waals surface area contributed by atoms with Gasteiger partial charge in [0.1, 0.15) is 11.4 Å². The lowest BCUT2D eigenvalue weighted by Gasteiger charge is -2.06. The Morgan fingerprint density at radius 1 is 1.64 bits per heavy atom. The Bertz CT molecular complexity index is 384. The molecule has 0 spiro atoms. The summed E-state index contributed by atoms with van der Waals surface area (Å²) in [4.78, 5) is 14.3. The number of pyridine rings is 1. The van der Waals surface area contributed by atoms with E-state index in [4.69, 9.17) is 11.6 Å². The fourth-order valence-electron chi connectivity index (χ4n) is 0.946. The van der Waals surface area contributed by atoms with Crippen molar-refractivity contribution < 1.29 is 13.6 Å². The van der Waals surface area contributed by atoms with Gasteiger partial charge in [0.05, 0.1) is 0 Å². The van der Waals surface area contributed by atoms with Crippen LogP contribution in [0.25, 0.3) is 0 Å². The van der Waals surface area contributed by atoms with Crippen LogP contribution in [0, 0.1) is 6.92 Å². The minimum Gasteiger partial charge on any atom is -0.274 e. The van der Waals surface area contributed by atoms with Gasteiger partial charge in [0.15, 0.2) is 0 Å². The predicted molar refractivity (Wildman–Crippen MR) is 51.8 cm³/mol. The van der Waals surface area contributed by atoms with E-state index in [9.17, 15) is 13.6 Å². The second-order valence-electron chi connectivity index (χ2n) is 2.60. The quantitative estimate of drug-likeness (QED) is 0.778. The summed E-state index contributed by atoms with van der Waals surface area (Å²) < 4.78 is 24.9. The zero-order chi connectivity index (χ0) is 10.9. The molecular weight excluding hydrogens is 279 g/mol. The molecule has 0 aromatic carbocycles. The molecule has 0 amide bonds. The highest BCUT2D eigenvalue weighted by Gasteiger charge is 2.18. The van der Waals surface area contributed by atoms with E-state index < -0.39 is 17.4 Å². The van der Waals surface area contributed by atoms with E-state index in [1.165, 1.54) is 6.07 Å². The van der Waals surface area contributed by atoms with Crippen molar-refractivity contribution in [2.24, 2.45) is 0 Å². The third-order valence-corrected chi connectivity index (χ3v) is 2.40. The number of alkyl halides is 2. The van der Waals surface area contributed by atoms with E-state index >= 15 is 0 Å². The average molecular weight is 284 g/mol. The highest BCUT2D eigenvalue weighted by molar-refractivity contribution is 9.10. The summed E-state index contributed by atoms with van der Waals surface area (Å²) in [6.45, 7) is 1.57. The molecule has 6 heteroatoms. The molecule has 0 fully saturated rings. The number of halogens is 4. The number of hydrogen-bond acceptors (Lipinski definition) is 2. The lowest BCUT2D eigenvalue weighted by atomic mass is 10.2. The van der Waals surface area contributed by atoms with Gasteiger partial charge in [-0.05, 0) is 46.1 Å². The molecule has 1 aromatic heterocycles. The minimum atomic E-state index is -2.74. The molecule has 14 heavy (non-hydrogen) atoms. The van der Waals surface area contributed by atoms with Gasteiger partial charge >= 0.3 is 0 Å². The summed E-state index contributed by atoms with van der Waals surface area (Å²) in [6.07, 6.45) is -2.74. The van der Waals surface area contributed by atoms with Crippen LogP contribution in [0.15, 0.2) is 10.5 Å². The van der Waals surface area contributed by atoms with Crippen molar-refractivity contribution in [3.8, 4) is 0 Å². The minimum absolute atomic E-state index is 0.134. The molecule has 1 aromatic rings. The van der Waals surface area contributed by atoms with E-state index in [1.807, 2.05) is 0 Å². The zero-order valence-electron chi connectivity index (χ0n) is 7.02. The number of carbonyl (C=O) groups is 1. The van der Waals surface area contributed by atoms with Crippen molar-refractivity contribution in [2.45, 2.75) is 13.3 Å². The maximum atomic E-state index is 12.4. The van der Waals surface area contributed by atoms with E-state index in [2.05, 4.69) is 20.9 Å². The fraction of sp³-hybridized carbons (Fsp3) is 0.250. The molecule has 0 radical (unpaired) electrons. The Morgan fingerprint density at radius 3 is 2.64 bits per heavy atom. The molecule has 0 saturated heterocycles.